The van der Waals surface area contributed by atoms with Crippen molar-refractivity contribution in [3.05, 3.63) is 0 Å². The third-order valence-electron chi connectivity index (χ3n) is 1.30. The quantitative estimate of drug-likeness (QED) is 0.520. The number of hydrogen-bond donors (Lipinski definition) is 1. The minimum Gasteiger partial charge on any atom is -0.481 e. The Morgan fingerprint density at radius 2 is 2.27 bits per heavy atom. The van der Waals surface area contributed by atoms with Crippen LogP contribution in [0.1, 0.15) is 26.7 Å². The molecule has 0 aliphatic rings. The van der Waals surface area contributed by atoms with E-state index >= 15 is 0 Å². The molecule has 0 saturated carbocycles. The summed E-state index contributed by atoms with van der Waals surface area (Å²) in [7, 11) is 0. The van der Waals surface area contributed by atoms with Crippen molar-refractivity contribution in [2.24, 2.45) is 4.99 Å². The first kappa shape index (κ1) is 10.3. The van der Waals surface area contributed by atoms with Gasteiger partial charge in [0.25, 0.3) is 0 Å². The van der Waals surface area contributed by atoms with Gasteiger partial charge in [0.2, 0.25) is 0 Å². The highest BCUT2D eigenvalue weighted by molar-refractivity contribution is 7.78. The molecule has 0 aliphatic carbocycles. The Labute approximate surface area is 71.1 Å². The van der Waals surface area contributed by atoms with E-state index in [1.165, 1.54) is 0 Å². The first-order valence-electron chi connectivity index (χ1n) is 3.29. The van der Waals surface area contributed by atoms with Crippen LogP contribution in [0.25, 0.3) is 0 Å². The number of carbonyl (C=O) groups is 1. The number of carboxylic acids is 1. The number of aliphatic imine (C=N–C) groups is 1. The second-order valence-electron chi connectivity index (χ2n) is 2.91. The second kappa shape index (κ2) is 4.21. The zero-order valence-electron chi connectivity index (χ0n) is 6.63. The molecule has 0 atom stereocenters. The molecular formula is C7H11NO2S. The van der Waals surface area contributed by atoms with Crippen molar-refractivity contribution in [3.8, 4) is 0 Å². The predicted octanol–water partition coefficient (Wildman–Crippen LogP) is 1.73. The number of rotatable bonds is 4. The highest BCUT2D eigenvalue weighted by atomic mass is 32.1. The van der Waals surface area contributed by atoms with Gasteiger partial charge >= 0.3 is 5.97 Å². The lowest BCUT2D eigenvalue weighted by atomic mass is 10.00. The summed E-state index contributed by atoms with van der Waals surface area (Å²) >= 11 is 4.42. The molecule has 0 aromatic carbocycles. The van der Waals surface area contributed by atoms with Crippen LogP contribution in [0, 0.1) is 0 Å². The van der Waals surface area contributed by atoms with Crippen LogP contribution >= 0.6 is 12.2 Å². The van der Waals surface area contributed by atoms with Gasteiger partial charge in [0.15, 0.2) is 0 Å². The van der Waals surface area contributed by atoms with E-state index < -0.39 is 5.97 Å². The van der Waals surface area contributed by atoms with E-state index in [2.05, 4.69) is 22.4 Å². The lowest BCUT2D eigenvalue weighted by Gasteiger charge is -2.15. The average Bonchev–Trinajstić information content (AvgIpc) is 1.84. The molecule has 0 spiro atoms. The lowest BCUT2D eigenvalue weighted by Crippen LogP contribution is -2.17. The summed E-state index contributed by atoms with van der Waals surface area (Å²) in [6.45, 7) is 3.66. The molecule has 0 saturated heterocycles. The molecule has 0 amide bonds. The largest absolute Gasteiger partial charge is 0.481 e. The Hall–Kier alpha value is -0.730. The SMILES string of the molecule is CC(C)(CCC(=O)O)N=C=S. The van der Waals surface area contributed by atoms with Crippen LogP contribution in [-0.2, 0) is 4.79 Å². The highest BCUT2D eigenvalue weighted by Gasteiger charge is 2.16. The molecule has 62 valence electrons. The van der Waals surface area contributed by atoms with E-state index in [0.29, 0.717) is 6.42 Å². The predicted molar refractivity (Wildman–Crippen MR) is 46.0 cm³/mol. The highest BCUT2D eigenvalue weighted by Crippen LogP contribution is 2.15. The smallest absolute Gasteiger partial charge is 0.303 e. The van der Waals surface area contributed by atoms with Crippen LogP contribution in [0.15, 0.2) is 4.99 Å². The first-order chi connectivity index (χ1) is 4.98. The van der Waals surface area contributed by atoms with E-state index in [1.54, 1.807) is 0 Å². The maximum Gasteiger partial charge on any atom is 0.303 e. The summed E-state index contributed by atoms with van der Waals surface area (Å²) < 4.78 is 0. The van der Waals surface area contributed by atoms with Crippen LogP contribution in [0.5, 0.6) is 0 Å². The van der Waals surface area contributed by atoms with Gasteiger partial charge < -0.3 is 5.11 Å². The minimum atomic E-state index is -0.808. The van der Waals surface area contributed by atoms with Crippen LogP contribution < -0.4 is 0 Å². The Bertz CT molecular complexity index is 195. The Balaban J connectivity index is 3.91. The number of hydrogen-bond acceptors (Lipinski definition) is 3. The molecule has 4 heteroatoms. The monoisotopic (exact) mass is 173 g/mol. The first-order valence-corrected chi connectivity index (χ1v) is 3.69. The van der Waals surface area contributed by atoms with Crippen molar-refractivity contribution in [1.82, 2.24) is 0 Å². The topological polar surface area (TPSA) is 49.7 Å². The van der Waals surface area contributed by atoms with E-state index in [1.807, 2.05) is 13.8 Å². The van der Waals surface area contributed by atoms with Crippen molar-refractivity contribution in [1.29, 1.82) is 0 Å². The Morgan fingerprint density at radius 3 is 2.64 bits per heavy atom. The molecule has 0 aliphatic heterocycles. The number of nitrogens with zero attached hydrogens (tertiary/aromatic N) is 1. The third-order valence-corrected chi connectivity index (χ3v) is 1.39. The van der Waals surface area contributed by atoms with Crippen LogP contribution in [0.2, 0.25) is 0 Å². The fourth-order valence-corrected chi connectivity index (χ4v) is 0.839. The fourth-order valence-electron chi connectivity index (χ4n) is 0.592. The molecule has 11 heavy (non-hydrogen) atoms. The number of thiocarbonyl (C=S) groups is 1. The maximum atomic E-state index is 10.2. The summed E-state index contributed by atoms with van der Waals surface area (Å²) in [6.07, 6.45) is 0.611. The van der Waals surface area contributed by atoms with Crippen molar-refractivity contribution >= 4 is 23.3 Å². The van der Waals surface area contributed by atoms with Gasteiger partial charge in [-0.1, -0.05) is 0 Å². The van der Waals surface area contributed by atoms with Crippen LogP contribution in [0.4, 0.5) is 0 Å². The van der Waals surface area contributed by atoms with Gasteiger partial charge in [-0.25, -0.2) is 4.99 Å². The van der Waals surface area contributed by atoms with Crippen LogP contribution in [-0.4, -0.2) is 21.8 Å². The van der Waals surface area contributed by atoms with Crippen molar-refractivity contribution in [3.63, 3.8) is 0 Å². The Kier molecular flexibility index (Phi) is 3.93. The summed E-state index contributed by atoms with van der Waals surface area (Å²) in [5, 5.41) is 10.6. The van der Waals surface area contributed by atoms with Crippen molar-refractivity contribution in [2.75, 3.05) is 0 Å². The normalized spacial score (nSPS) is 10.4. The number of carboxylic acid groups (broad SMARTS) is 1. The van der Waals surface area contributed by atoms with Gasteiger partial charge in [-0.05, 0) is 32.5 Å². The minimum absolute atomic E-state index is 0.119. The zero-order chi connectivity index (χ0) is 8.91. The molecule has 1 N–H and O–H groups in total. The fraction of sp³-hybridized carbons (Fsp3) is 0.714. The molecule has 0 unspecified atom stereocenters. The molecule has 0 aromatic heterocycles. The van der Waals surface area contributed by atoms with Gasteiger partial charge in [-0.3, -0.25) is 4.79 Å². The molecular weight excluding hydrogens is 162 g/mol. The van der Waals surface area contributed by atoms with Crippen molar-refractivity contribution in [2.45, 2.75) is 32.2 Å². The van der Waals surface area contributed by atoms with Gasteiger partial charge in [-0.2, -0.15) is 0 Å². The molecule has 3 nitrogen and oxygen atoms in total. The lowest BCUT2D eigenvalue weighted by molar-refractivity contribution is -0.137. The summed E-state index contributed by atoms with van der Waals surface area (Å²) in [6, 6.07) is 0. The summed E-state index contributed by atoms with van der Waals surface area (Å²) in [5.74, 6) is -0.808. The van der Waals surface area contributed by atoms with Gasteiger partial charge in [0.05, 0.1) is 10.7 Å². The summed E-state index contributed by atoms with van der Waals surface area (Å²) in [5.41, 5.74) is -0.389. The Morgan fingerprint density at radius 1 is 1.73 bits per heavy atom. The zero-order valence-corrected chi connectivity index (χ0v) is 7.44. The van der Waals surface area contributed by atoms with Crippen molar-refractivity contribution < 1.29 is 9.90 Å². The van der Waals surface area contributed by atoms with Gasteiger partial charge in [0, 0.05) is 6.42 Å². The van der Waals surface area contributed by atoms with Crippen LogP contribution in [0.3, 0.4) is 0 Å². The van der Waals surface area contributed by atoms with E-state index in [9.17, 15) is 4.79 Å². The molecule has 0 rings (SSSR count). The van der Waals surface area contributed by atoms with Gasteiger partial charge in [-0.15, -0.1) is 0 Å². The maximum absolute atomic E-state index is 10.2. The standard InChI is InChI=1S/C7H11NO2S/c1-7(2,8-5-11)4-3-6(9)10/h3-4H2,1-2H3,(H,9,10). The molecule has 0 bridgehead atoms. The molecule has 0 radical (unpaired) electrons. The van der Waals surface area contributed by atoms with Gasteiger partial charge in [0.1, 0.15) is 0 Å². The van der Waals surface area contributed by atoms with E-state index in [0.717, 1.165) is 0 Å². The third kappa shape index (κ3) is 5.70. The van der Waals surface area contributed by atoms with E-state index in [-0.39, 0.29) is 12.0 Å². The molecule has 0 aromatic rings. The molecule has 0 fully saturated rings. The average molecular weight is 173 g/mol. The number of isothiocyanates is 1. The van der Waals surface area contributed by atoms with E-state index in [4.69, 9.17) is 5.11 Å². The number of aliphatic carboxylic acids is 1. The summed E-state index contributed by atoms with van der Waals surface area (Å²) in [4.78, 5) is 14.0. The second-order valence-corrected chi connectivity index (χ2v) is 3.09. The molecule has 0 heterocycles.